The van der Waals surface area contributed by atoms with E-state index in [0.29, 0.717) is 16.1 Å². The van der Waals surface area contributed by atoms with Crippen molar-refractivity contribution in [3.63, 3.8) is 0 Å². The Morgan fingerprint density at radius 1 is 1.64 bits per heavy atom. The lowest BCUT2D eigenvalue weighted by Crippen LogP contribution is -2.16. The summed E-state index contributed by atoms with van der Waals surface area (Å²) in [6.07, 6.45) is 1.35. The van der Waals surface area contributed by atoms with Gasteiger partial charge in [-0.2, -0.15) is 5.10 Å². The molecule has 0 saturated heterocycles. The molecule has 0 spiro atoms. The molecule has 0 amide bonds. The molecule has 0 aromatic carbocycles. The fourth-order valence-corrected chi connectivity index (χ4v) is 1.39. The summed E-state index contributed by atoms with van der Waals surface area (Å²) in [7, 11) is 0. The van der Waals surface area contributed by atoms with E-state index in [2.05, 4.69) is 20.3 Å². The Morgan fingerprint density at radius 2 is 2.36 bits per heavy atom. The van der Waals surface area contributed by atoms with Gasteiger partial charge < -0.3 is 10.9 Å². The number of rotatable bonds is 3. The van der Waals surface area contributed by atoms with Crippen LogP contribution in [0.15, 0.2) is 16.5 Å². The van der Waals surface area contributed by atoms with Crippen molar-refractivity contribution in [3.8, 4) is 0 Å². The van der Waals surface area contributed by atoms with E-state index in [0.717, 1.165) is 0 Å². The van der Waals surface area contributed by atoms with Crippen molar-refractivity contribution < 1.29 is 5.21 Å². The van der Waals surface area contributed by atoms with Gasteiger partial charge in [0.05, 0.1) is 6.20 Å². The molecular weight excluding hydrogens is 202 g/mol. The van der Waals surface area contributed by atoms with Crippen molar-refractivity contribution in [2.24, 2.45) is 10.9 Å². The summed E-state index contributed by atoms with van der Waals surface area (Å²) in [6.45, 7) is 4.04. The Balaban J connectivity index is 2.90. The minimum absolute atomic E-state index is 0.0643. The number of oxime groups is 1. The topological polar surface area (TPSA) is 97.3 Å². The molecule has 0 aliphatic heterocycles. The number of aromatic nitrogens is 3. The smallest absolute Gasteiger partial charge is 0.209 e. The van der Waals surface area contributed by atoms with Crippen LogP contribution in [0.25, 0.3) is 0 Å². The molecule has 0 unspecified atom stereocenters. The van der Waals surface area contributed by atoms with Gasteiger partial charge in [-0.25, -0.2) is 4.98 Å². The van der Waals surface area contributed by atoms with Gasteiger partial charge in [0.15, 0.2) is 5.84 Å². The zero-order valence-electron chi connectivity index (χ0n) is 7.88. The summed E-state index contributed by atoms with van der Waals surface area (Å²) in [5.74, 6) is -0.0643. The van der Waals surface area contributed by atoms with Crippen LogP contribution in [-0.2, 0) is 0 Å². The van der Waals surface area contributed by atoms with Gasteiger partial charge in [0, 0.05) is 5.25 Å². The highest BCUT2D eigenvalue weighted by atomic mass is 32.2. The van der Waals surface area contributed by atoms with Crippen LogP contribution < -0.4 is 5.73 Å². The average Bonchev–Trinajstić information content (AvgIpc) is 2.16. The fraction of sp³-hybridized carbons (Fsp3) is 0.429. The second-order valence-electron chi connectivity index (χ2n) is 2.78. The highest BCUT2D eigenvalue weighted by Gasteiger charge is 2.06. The maximum atomic E-state index is 8.43. The summed E-state index contributed by atoms with van der Waals surface area (Å²) >= 11 is 1.46. The van der Waals surface area contributed by atoms with E-state index in [1.165, 1.54) is 18.0 Å². The highest BCUT2D eigenvalue weighted by Crippen LogP contribution is 2.17. The predicted molar refractivity (Wildman–Crippen MR) is 53.3 cm³/mol. The van der Waals surface area contributed by atoms with E-state index in [9.17, 15) is 0 Å². The first kappa shape index (κ1) is 10.7. The minimum Gasteiger partial charge on any atom is -0.409 e. The number of amidine groups is 1. The maximum absolute atomic E-state index is 8.43. The van der Waals surface area contributed by atoms with Crippen LogP contribution in [-0.4, -0.2) is 31.5 Å². The zero-order chi connectivity index (χ0) is 10.6. The van der Waals surface area contributed by atoms with E-state index in [1.54, 1.807) is 0 Å². The first-order valence-electron chi connectivity index (χ1n) is 3.97. The fourth-order valence-electron chi connectivity index (χ4n) is 0.723. The minimum atomic E-state index is -0.0643. The van der Waals surface area contributed by atoms with Crippen LogP contribution in [0.3, 0.4) is 0 Å². The third-order valence-electron chi connectivity index (χ3n) is 1.25. The molecule has 0 fully saturated rings. The molecule has 1 aromatic heterocycles. The Labute approximate surface area is 85.6 Å². The van der Waals surface area contributed by atoms with Crippen LogP contribution in [0.4, 0.5) is 0 Å². The summed E-state index contributed by atoms with van der Waals surface area (Å²) < 4.78 is 0. The number of thioether (sulfide) groups is 1. The molecule has 76 valence electrons. The second-order valence-corrected chi connectivity index (χ2v) is 4.32. The molecule has 0 saturated carbocycles. The zero-order valence-corrected chi connectivity index (χ0v) is 8.69. The van der Waals surface area contributed by atoms with Crippen molar-refractivity contribution in [1.82, 2.24) is 15.2 Å². The van der Waals surface area contributed by atoms with Crippen LogP contribution in [0, 0.1) is 0 Å². The van der Waals surface area contributed by atoms with Gasteiger partial charge in [-0.1, -0.05) is 30.8 Å². The second kappa shape index (κ2) is 4.75. The molecule has 1 rings (SSSR count). The average molecular weight is 213 g/mol. The molecule has 0 atom stereocenters. The lowest BCUT2D eigenvalue weighted by Gasteiger charge is -2.02. The molecule has 6 nitrogen and oxygen atoms in total. The highest BCUT2D eigenvalue weighted by molar-refractivity contribution is 7.99. The molecule has 7 heteroatoms. The van der Waals surface area contributed by atoms with Gasteiger partial charge in [-0.3, -0.25) is 0 Å². The first-order chi connectivity index (χ1) is 6.63. The molecule has 1 aromatic rings. The number of hydrogen-bond donors (Lipinski definition) is 2. The van der Waals surface area contributed by atoms with Crippen molar-refractivity contribution in [2.45, 2.75) is 24.3 Å². The summed E-state index contributed by atoms with van der Waals surface area (Å²) in [4.78, 5) is 4.06. The lowest BCUT2D eigenvalue weighted by atomic mass is 10.4. The van der Waals surface area contributed by atoms with Crippen molar-refractivity contribution in [2.75, 3.05) is 0 Å². The Bertz CT molecular complexity index is 341. The monoisotopic (exact) mass is 213 g/mol. The van der Waals surface area contributed by atoms with E-state index in [-0.39, 0.29) is 5.84 Å². The summed E-state index contributed by atoms with van der Waals surface area (Å²) in [6, 6.07) is 0. The van der Waals surface area contributed by atoms with Gasteiger partial charge in [0.1, 0.15) is 5.69 Å². The number of nitrogens with zero attached hydrogens (tertiary/aromatic N) is 4. The molecule has 0 aliphatic carbocycles. The van der Waals surface area contributed by atoms with Gasteiger partial charge in [0.2, 0.25) is 5.16 Å². The Morgan fingerprint density at radius 3 is 2.93 bits per heavy atom. The van der Waals surface area contributed by atoms with Gasteiger partial charge in [-0.05, 0) is 0 Å². The molecular formula is C7H11N5OS. The Kier molecular flexibility index (Phi) is 3.63. The predicted octanol–water partition coefficient (Wildman–Crippen LogP) is 0.467. The van der Waals surface area contributed by atoms with Crippen LogP contribution in [0.2, 0.25) is 0 Å². The normalized spacial score (nSPS) is 12.1. The van der Waals surface area contributed by atoms with Crippen molar-refractivity contribution in [1.29, 1.82) is 0 Å². The summed E-state index contributed by atoms with van der Waals surface area (Å²) in [5.41, 5.74) is 5.68. The largest absolute Gasteiger partial charge is 0.409 e. The van der Waals surface area contributed by atoms with E-state index >= 15 is 0 Å². The van der Waals surface area contributed by atoms with E-state index in [1.807, 2.05) is 13.8 Å². The van der Waals surface area contributed by atoms with Gasteiger partial charge >= 0.3 is 0 Å². The van der Waals surface area contributed by atoms with Crippen LogP contribution >= 0.6 is 11.8 Å². The Hall–Kier alpha value is -1.37. The van der Waals surface area contributed by atoms with E-state index in [4.69, 9.17) is 10.9 Å². The van der Waals surface area contributed by atoms with Gasteiger partial charge in [-0.15, -0.1) is 5.10 Å². The molecule has 1 heterocycles. The van der Waals surface area contributed by atoms with Crippen molar-refractivity contribution >= 4 is 17.6 Å². The molecule has 0 bridgehead atoms. The quantitative estimate of drug-likeness (QED) is 0.249. The molecule has 3 N–H and O–H groups in total. The van der Waals surface area contributed by atoms with Crippen LogP contribution in [0.1, 0.15) is 19.5 Å². The van der Waals surface area contributed by atoms with Crippen LogP contribution in [0.5, 0.6) is 0 Å². The third kappa shape index (κ3) is 2.84. The SMILES string of the molecule is CC(C)Sc1nncc(C(N)=NO)n1. The molecule has 0 radical (unpaired) electrons. The van der Waals surface area contributed by atoms with Crippen molar-refractivity contribution in [3.05, 3.63) is 11.9 Å². The van der Waals surface area contributed by atoms with E-state index < -0.39 is 0 Å². The standard InChI is InChI=1S/C7H11N5OS/c1-4(2)14-7-10-5(3-9-11-7)6(8)12-13/h3-4,13H,1-2H3,(H2,8,12). The molecule has 0 aliphatic rings. The number of hydrogen-bond acceptors (Lipinski definition) is 6. The first-order valence-corrected chi connectivity index (χ1v) is 4.85. The number of nitrogens with two attached hydrogens (primary N) is 1. The molecule has 14 heavy (non-hydrogen) atoms. The van der Waals surface area contributed by atoms with Gasteiger partial charge in [0.25, 0.3) is 0 Å². The lowest BCUT2D eigenvalue weighted by molar-refractivity contribution is 0.318. The third-order valence-corrected chi connectivity index (χ3v) is 2.11. The summed E-state index contributed by atoms with van der Waals surface area (Å²) in [5, 5.41) is 19.6. The maximum Gasteiger partial charge on any atom is 0.209 e.